The van der Waals surface area contributed by atoms with Gasteiger partial charge >= 0.3 is 0 Å². The molecular weight excluding hydrogens is 1230 g/mol. The van der Waals surface area contributed by atoms with Gasteiger partial charge in [0.15, 0.2) is 0 Å². The van der Waals surface area contributed by atoms with Crippen molar-refractivity contribution in [2.75, 3.05) is 0 Å². The van der Waals surface area contributed by atoms with Gasteiger partial charge in [-0.3, -0.25) is 10.1 Å². The van der Waals surface area contributed by atoms with Gasteiger partial charge in [-0.25, -0.2) is 11.8 Å². The summed E-state index contributed by atoms with van der Waals surface area (Å²) in [6, 6.07) is 13.8. The van der Waals surface area contributed by atoms with Crippen molar-refractivity contribution in [3.63, 3.8) is 0 Å². The van der Waals surface area contributed by atoms with Crippen LogP contribution in [0, 0.1) is 18.7 Å². The molecule has 0 N–H and O–H groups in total. The molecule has 0 atom stereocenters. The van der Waals surface area contributed by atoms with Crippen molar-refractivity contribution in [1.29, 1.82) is 0 Å². The Bertz CT molecular complexity index is 832. The van der Waals surface area contributed by atoms with E-state index in [-0.39, 0.29) is 102 Å². The van der Waals surface area contributed by atoms with Gasteiger partial charge in [0.1, 0.15) is 0 Å². The van der Waals surface area contributed by atoms with Crippen molar-refractivity contribution < 1.29 is 107 Å². The van der Waals surface area contributed by atoms with E-state index in [2.05, 4.69) is 33.3 Å². The molecule has 9 heteroatoms. The molecule has 0 unspecified atom stereocenters. The van der Waals surface area contributed by atoms with Gasteiger partial charge in [0, 0.05) is 102 Å². The topological polar surface area (TPSA) is 43.3 Å². The third-order valence-electron chi connectivity index (χ3n) is 3.09. The second-order valence-corrected chi connectivity index (χ2v) is 4.35. The number of imidazole rings is 1. The standard InChI is InChI=1S/C16H8N3O.2C2H6.5Re/c1-2-8-19-10-15(18-16(19)3-1)13-6-4-12(5-7-13)14-9-17-20-11-14;2*1-2;;;;;/h1-8H;2*1-2H3;;;;;/q-3;;;;;;;. The summed E-state index contributed by atoms with van der Waals surface area (Å²) in [7, 11) is 0. The minimum Gasteiger partial charge on any atom is -0.523 e. The summed E-state index contributed by atoms with van der Waals surface area (Å²) in [6.45, 7) is 8.00. The quantitative estimate of drug-likeness (QED) is 0.263. The molecule has 29 heavy (non-hydrogen) atoms. The van der Waals surface area contributed by atoms with Crippen LogP contribution in [-0.4, -0.2) is 14.5 Å². The Hall–Kier alpha value is 0.432. The summed E-state index contributed by atoms with van der Waals surface area (Å²) in [5.74, 6) is 0. The number of nitrogens with zero attached hydrogens (tertiary/aromatic N) is 3. The van der Waals surface area contributed by atoms with Crippen molar-refractivity contribution in [2.24, 2.45) is 0 Å². The van der Waals surface area contributed by atoms with E-state index in [9.17, 15) is 0 Å². The van der Waals surface area contributed by atoms with E-state index in [0.29, 0.717) is 0 Å². The molecule has 0 aliphatic carbocycles. The van der Waals surface area contributed by atoms with Crippen LogP contribution < -0.4 is 0 Å². The van der Waals surface area contributed by atoms with Gasteiger partial charge in [-0.1, -0.05) is 57.7 Å². The number of hydrogen-bond donors (Lipinski definition) is 0. The fourth-order valence-corrected chi connectivity index (χ4v) is 2.08. The molecule has 5 radical (unpaired) electrons. The largest absolute Gasteiger partial charge is 0.523 e. The van der Waals surface area contributed by atoms with Crippen LogP contribution >= 0.6 is 0 Å². The van der Waals surface area contributed by atoms with Gasteiger partial charge in [0.2, 0.25) is 0 Å². The van der Waals surface area contributed by atoms with E-state index in [1.54, 1.807) is 0 Å². The molecular formula is C20H20N3ORe5-3. The van der Waals surface area contributed by atoms with Crippen LogP contribution in [0.25, 0.3) is 28.0 Å². The molecule has 0 saturated carbocycles. The van der Waals surface area contributed by atoms with Crippen LogP contribution in [0.5, 0.6) is 0 Å². The Labute approximate surface area is 241 Å². The first-order valence-electron chi connectivity index (χ1n) is 8.12. The number of benzene rings is 1. The minimum atomic E-state index is 0. The third-order valence-corrected chi connectivity index (χ3v) is 3.09. The van der Waals surface area contributed by atoms with Crippen LogP contribution in [0.15, 0.2) is 53.2 Å². The first kappa shape index (κ1) is 36.8. The van der Waals surface area contributed by atoms with Crippen LogP contribution in [0.4, 0.5) is 0 Å². The predicted octanol–water partition coefficient (Wildman–Crippen LogP) is 5.10. The number of aromatic nitrogens is 3. The van der Waals surface area contributed by atoms with E-state index in [0.717, 1.165) is 28.0 Å². The Morgan fingerprint density at radius 3 is 1.90 bits per heavy atom. The van der Waals surface area contributed by atoms with Crippen molar-refractivity contribution in [3.05, 3.63) is 67.3 Å². The summed E-state index contributed by atoms with van der Waals surface area (Å²) in [4.78, 5) is 4.54. The van der Waals surface area contributed by atoms with Crippen LogP contribution in [0.2, 0.25) is 0 Å². The molecule has 1 aromatic carbocycles. The second kappa shape index (κ2) is 20.3. The maximum absolute atomic E-state index is 4.67. The zero-order chi connectivity index (χ0) is 17.4. The minimum absolute atomic E-state index is 0. The van der Waals surface area contributed by atoms with Crippen molar-refractivity contribution in [2.45, 2.75) is 27.7 Å². The normalized spacial score (nSPS) is 8.00. The van der Waals surface area contributed by atoms with E-state index >= 15 is 0 Å². The first-order valence-corrected chi connectivity index (χ1v) is 8.12. The predicted molar refractivity (Wildman–Crippen MR) is 95.3 cm³/mol. The summed E-state index contributed by atoms with van der Waals surface area (Å²) in [6.07, 6.45) is 10.6. The van der Waals surface area contributed by atoms with Gasteiger partial charge in [-0.15, -0.1) is 18.4 Å². The van der Waals surface area contributed by atoms with E-state index < -0.39 is 0 Å². The molecule has 0 bridgehead atoms. The van der Waals surface area contributed by atoms with E-state index in [4.69, 9.17) is 0 Å². The molecule has 0 fully saturated rings. The van der Waals surface area contributed by atoms with Crippen LogP contribution in [-0.2, 0) is 102 Å². The average Bonchev–Trinajstić information content (AvgIpc) is 3.35. The van der Waals surface area contributed by atoms with Crippen LogP contribution in [0.1, 0.15) is 27.7 Å². The molecule has 0 aliphatic rings. The molecule has 4 rings (SSSR count). The average molecular weight is 1250 g/mol. The number of rotatable bonds is 2. The van der Waals surface area contributed by atoms with Crippen molar-refractivity contribution in [3.8, 4) is 22.4 Å². The Morgan fingerprint density at radius 2 is 1.38 bits per heavy atom. The molecule has 0 amide bonds. The molecule has 4 aromatic rings. The summed E-state index contributed by atoms with van der Waals surface area (Å²) in [5.41, 5.74) is 4.39. The fraction of sp³-hybridized carbons (Fsp3) is 0.200. The van der Waals surface area contributed by atoms with Crippen molar-refractivity contribution >= 4 is 5.65 Å². The van der Waals surface area contributed by atoms with Gasteiger partial charge in [-0.2, -0.15) is 12.1 Å². The first-order chi connectivity index (χ1) is 11.9. The fourth-order valence-electron chi connectivity index (χ4n) is 2.08. The SMILES string of the molecule is CC.CC.[Re].[Re].[Re].[Re].[Re].[c-]1no[c-]c1-c1ccc(-c2[c-]n3ccccc3n2)cc1. The van der Waals surface area contributed by atoms with Gasteiger partial charge in [0.25, 0.3) is 0 Å². The van der Waals surface area contributed by atoms with Gasteiger partial charge in [0.05, 0.1) is 5.65 Å². The van der Waals surface area contributed by atoms with E-state index in [1.165, 1.54) is 0 Å². The summed E-state index contributed by atoms with van der Waals surface area (Å²) >= 11 is 0. The van der Waals surface area contributed by atoms with E-state index in [1.807, 2.05) is 80.8 Å². The van der Waals surface area contributed by atoms with Crippen LogP contribution in [0.3, 0.4) is 0 Å². The molecule has 4 nitrogen and oxygen atoms in total. The summed E-state index contributed by atoms with van der Waals surface area (Å²) in [5, 5.41) is 3.53. The Balaban J connectivity index is -0.000000329. The molecule has 3 aromatic heterocycles. The third kappa shape index (κ3) is 10.1. The molecule has 0 aliphatic heterocycles. The number of fused-ring (bicyclic) bond motifs is 1. The zero-order valence-electron chi connectivity index (χ0n) is 16.3. The molecule has 159 valence electrons. The number of pyridine rings is 1. The smallest absolute Gasteiger partial charge is 0.0530 e. The Kier molecular flexibility index (Phi) is 25.8. The zero-order valence-corrected chi connectivity index (χ0v) is 29.8. The van der Waals surface area contributed by atoms with Gasteiger partial charge in [-0.05, 0) is 11.9 Å². The van der Waals surface area contributed by atoms with Crippen molar-refractivity contribution in [1.82, 2.24) is 14.5 Å². The monoisotopic (exact) mass is 1250 g/mol. The molecule has 3 heterocycles. The maximum atomic E-state index is 4.67. The number of hydrogen-bond acceptors (Lipinski definition) is 3. The second-order valence-electron chi connectivity index (χ2n) is 4.35. The molecule has 0 saturated heterocycles. The van der Waals surface area contributed by atoms with Gasteiger partial charge < -0.3 is 14.5 Å². The molecule has 0 spiro atoms. The Morgan fingerprint density at radius 1 is 0.793 bits per heavy atom. The maximum Gasteiger partial charge on any atom is 0.0530 e. The summed E-state index contributed by atoms with van der Waals surface area (Å²) < 4.78 is 6.55.